The topological polar surface area (TPSA) is 78.9 Å². The lowest BCUT2D eigenvalue weighted by Crippen LogP contribution is -2.30. The fourth-order valence-electron chi connectivity index (χ4n) is 10.4. The first-order valence-electron chi connectivity index (χ1n) is 33.7. The second-order valence-corrected chi connectivity index (χ2v) is 23.1. The van der Waals surface area contributed by atoms with E-state index in [0.29, 0.717) is 19.3 Å². The van der Waals surface area contributed by atoms with E-state index in [2.05, 4.69) is 32.9 Å². The molecule has 0 aliphatic rings. The van der Waals surface area contributed by atoms with Gasteiger partial charge in [-0.25, -0.2) is 0 Å². The summed E-state index contributed by atoms with van der Waals surface area (Å²) in [6.07, 6.45) is 75.2. The predicted molar refractivity (Wildman–Crippen MR) is 321 cm³/mol. The van der Waals surface area contributed by atoms with Crippen molar-refractivity contribution in [2.75, 3.05) is 13.2 Å². The highest BCUT2D eigenvalue weighted by atomic mass is 16.6. The molecule has 0 rings (SSSR count). The number of ether oxygens (including phenoxy) is 3. The highest BCUT2D eigenvalue weighted by Gasteiger charge is 2.19. The van der Waals surface area contributed by atoms with Gasteiger partial charge in [0.05, 0.1) is 0 Å². The molecule has 0 aromatic rings. The molecule has 0 saturated carbocycles. The normalized spacial score (nSPS) is 12.0. The molecule has 0 spiro atoms. The molecule has 74 heavy (non-hydrogen) atoms. The van der Waals surface area contributed by atoms with Crippen molar-refractivity contribution in [3.63, 3.8) is 0 Å². The van der Waals surface area contributed by atoms with Gasteiger partial charge in [-0.3, -0.25) is 14.4 Å². The van der Waals surface area contributed by atoms with E-state index in [1.165, 1.54) is 289 Å². The number of hydrogen-bond donors (Lipinski definition) is 0. The second kappa shape index (κ2) is 63.7. The van der Waals surface area contributed by atoms with Gasteiger partial charge in [-0.1, -0.05) is 335 Å². The minimum atomic E-state index is -0.765. The lowest BCUT2D eigenvalue weighted by atomic mass is 10.0. The molecule has 0 aromatic heterocycles. The van der Waals surface area contributed by atoms with Crippen LogP contribution < -0.4 is 0 Å². The van der Waals surface area contributed by atoms with Gasteiger partial charge in [0, 0.05) is 19.3 Å². The van der Waals surface area contributed by atoms with E-state index in [-0.39, 0.29) is 31.1 Å². The molecule has 0 fully saturated rings. The zero-order chi connectivity index (χ0) is 53.6. The first kappa shape index (κ1) is 72.2. The lowest BCUT2D eigenvalue weighted by Gasteiger charge is -2.18. The summed E-state index contributed by atoms with van der Waals surface area (Å²) in [4.78, 5) is 38.3. The van der Waals surface area contributed by atoms with Crippen LogP contribution in [0.15, 0.2) is 12.2 Å². The van der Waals surface area contributed by atoms with Gasteiger partial charge in [0.2, 0.25) is 0 Å². The quantitative estimate of drug-likeness (QED) is 0.0261. The highest BCUT2D eigenvalue weighted by Crippen LogP contribution is 2.18. The molecule has 1 unspecified atom stereocenters. The smallest absolute Gasteiger partial charge is 0.306 e. The Balaban J connectivity index is 4.19. The summed E-state index contributed by atoms with van der Waals surface area (Å²) in [6, 6.07) is 0. The highest BCUT2D eigenvalue weighted by molar-refractivity contribution is 5.71. The first-order valence-corrected chi connectivity index (χ1v) is 33.7. The number of unbranched alkanes of at least 4 members (excludes halogenated alkanes) is 50. The fourth-order valence-corrected chi connectivity index (χ4v) is 10.4. The Kier molecular flexibility index (Phi) is 62.1. The Morgan fingerprint density at radius 1 is 0.257 bits per heavy atom. The molecule has 0 aliphatic carbocycles. The number of rotatable bonds is 63. The van der Waals surface area contributed by atoms with Crippen LogP contribution in [0.4, 0.5) is 0 Å². The van der Waals surface area contributed by atoms with Crippen molar-refractivity contribution in [3.8, 4) is 0 Å². The molecule has 0 aromatic carbocycles. The second-order valence-electron chi connectivity index (χ2n) is 23.1. The maximum absolute atomic E-state index is 12.9. The molecular weight excluding hydrogens is 913 g/mol. The van der Waals surface area contributed by atoms with Crippen LogP contribution in [0.5, 0.6) is 0 Å². The van der Waals surface area contributed by atoms with Gasteiger partial charge in [0.25, 0.3) is 0 Å². The third kappa shape index (κ3) is 61.0. The predicted octanol–water partition coefficient (Wildman–Crippen LogP) is 22.8. The number of carbonyl (C=O) groups excluding carboxylic acids is 3. The summed E-state index contributed by atoms with van der Waals surface area (Å²) in [5.74, 6) is -0.833. The van der Waals surface area contributed by atoms with Gasteiger partial charge in [0.1, 0.15) is 13.2 Å². The van der Waals surface area contributed by atoms with Gasteiger partial charge < -0.3 is 14.2 Å². The monoisotopic (exact) mass is 1040 g/mol. The zero-order valence-corrected chi connectivity index (χ0v) is 50.4. The van der Waals surface area contributed by atoms with Crippen molar-refractivity contribution in [1.29, 1.82) is 0 Å². The number of hydrogen-bond acceptors (Lipinski definition) is 6. The van der Waals surface area contributed by atoms with Crippen molar-refractivity contribution in [2.45, 2.75) is 393 Å². The van der Waals surface area contributed by atoms with Crippen LogP contribution in [0.25, 0.3) is 0 Å². The fraction of sp³-hybridized carbons (Fsp3) is 0.926. The first-order chi connectivity index (χ1) is 36.5. The maximum atomic E-state index is 12.9. The van der Waals surface area contributed by atoms with Gasteiger partial charge >= 0.3 is 17.9 Å². The standard InChI is InChI=1S/C68H130O6/c1-4-7-10-13-16-19-22-24-26-28-30-32-34-36-37-39-41-43-46-49-52-55-58-61-67(70)73-64-65(63-72-66(69)60-57-54-51-48-45-21-18-15-12-9-6-3)74-68(71)62-59-56-53-50-47-44-42-40-38-35-33-31-29-27-25-23-20-17-14-11-8-5-2/h28,30,65H,4-27,29,31-64H2,1-3H3/b30-28-. The number of esters is 3. The van der Waals surface area contributed by atoms with E-state index in [1.807, 2.05) is 0 Å². The van der Waals surface area contributed by atoms with Crippen molar-refractivity contribution < 1.29 is 28.6 Å². The van der Waals surface area contributed by atoms with Crippen molar-refractivity contribution in [1.82, 2.24) is 0 Å². The average Bonchev–Trinajstić information content (AvgIpc) is 3.40. The molecule has 0 heterocycles. The van der Waals surface area contributed by atoms with E-state index >= 15 is 0 Å². The van der Waals surface area contributed by atoms with Crippen LogP contribution in [0.1, 0.15) is 387 Å². The van der Waals surface area contributed by atoms with Crippen LogP contribution in [0.3, 0.4) is 0 Å². The third-order valence-corrected chi connectivity index (χ3v) is 15.5. The van der Waals surface area contributed by atoms with Crippen molar-refractivity contribution in [3.05, 3.63) is 12.2 Å². The Labute approximate surface area is 462 Å². The summed E-state index contributed by atoms with van der Waals surface area (Å²) >= 11 is 0. The minimum Gasteiger partial charge on any atom is -0.462 e. The molecule has 0 saturated heterocycles. The summed E-state index contributed by atoms with van der Waals surface area (Å²) in [6.45, 7) is 6.71. The molecule has 0 bridgehead atoms. The summed E-state index contributed by atoms with van der Waals surface area (Å²) in [5.41, 5.74) is 0. The maximum Gasteiger partial charge on any atom is 0.306 e. The van der Waals surface area contributed by atoms with Crippen LogP contribution in [0, 0.1) is 0 Å². The third-order valence-electron chi connectivity index (χ3n) is 15.5. The molecule has 0 N–H and O–H groups in total. The molecule has 6 nitrogen and oxygen atoms in total. The lowest BCUT2D eigenvalue weighted by molar-refractivity contribution is -0.167. The summed E-state index contributed by atoms with van der Waals surface area (Å²) in [5, 5.41) is 0. The molecule has 6 heteroatoms. The molecule has 0 aliphatic heterocycles. The van der Waals surface area contributed by atoms with Crippen LogP contribution in [-0.2, 0) is 28.6 Å². The van der Waals surface area contributed by atoms with E-state index < -0.39 is 6.10 Å². The molecule has 0 amide bonds. The van der Waals surface area contributed by atoms with Crippen LogP contribution in [0.2, 0.25) is 0 Å². The van der Waals surface area contributed by atoms with E-state index in [4.69, 9.17) is 14.2 Å². The number of carbonyl (C=O) groups is 3. The Bertz CT molecular complexity index is 1150. The summed E-state index contributed by atoms with van der Waals surface area (Å²) < 4.78 is 17.0. The van der Waals surface area contributed by atoms with Gasteiger partial charge in [-0.2, -0.15) is 0 Å². The Morgan fingerprint density at radius 2 is 0.446 bits per heavy atom. The van der Waals surface area contributed by atoms with Gasteiger partial charge in [0.15, 0.2) is 6.10 Å². The number of allylic oxidation sites excluding steroid dienone is 2. The Morgan fingerprint density at radius 3 is 0.676 bits per heavy atom. The Hall–Kier alpha value is -1.85. The summed E-state index contributed by atoms with van der Waals surface area (Å²) in [7, 11) is 0. The molecule has 0 radical (unpaired) electrons. The molecule has 438 valence electrons. The van der Waals surface area contributed by atoms with Gasteiger partial charge in [-0.15, -0.1) is 0 Å². The largest absolute Gasteiger partial charge is 0.462 e. The van der Waals surface area contributed by atoms with E-state index in [1.54, 1.807) is 0 Å². The van der Waals surface area contributed by atoms with Crippen molar-refractivity contribution in [2.24, 2.45) is 0 Å². The van der Waals surface area contributed by atoms with Crippen molar-refractivity contribution >= 4 is 17.9 Å². The van der Waals surface area contributed by atoms with E-state index in [9.17, 15) is 14.4 Å². The van der Waals surface area contributed by atoms with Crippen LogP contribution in [-0.4, -0.2) is 37.2 Å². The zero-order valence-electron chi connectivity index (χ0n) is 50.4. The SMILES string of the molecule is CCCCCCCCCC/C=C\CCCCCCCCCCCCCC(=O)OCC(COC(=O)CCCCCCCCCCCCC)OC(=O)CCCCCCCCCCCCCCCCCCCCCCCC. The minimum absolute atomic E-state index is 0.0635. The van der Waals surface area contributed by atoms with Crippen LogP contribution >= 0.6 is 0 Å². The molecular formula is C68H130O6. The average molecular weight is 1040 g/mol. The van der Waals surface area contributed by atoms with E-state index in [0.717, 1.165) is 57.8 Å². The molecule has 1 atom stereocenters. The van der Waals surface area contributed by atoms with Gasteiger partial charge in [-0.05, 0) is 44.9 Å².